The Morgan fingerprint density at radius 1 is 1.12 bits per heavy atom. The van der Waals surface area contributed by atoms with E-state index in [0.29, 0.717) is 17.2 Å². The average molecular weight is 347 g/mol. The van der Waals surface area contributed by atoms with Crippen molar-refractivity contribution in [2.75, 3.05) is 6.61 Å². The zero-order chi connectivity index (χ0) is 17.4. The summed E-state index contributed by atoms with van der Waals surface area (Å²) in [6.07, 6.45) is 1.33. The summed E-state index contributed by atoms with van der Waals surface area (Å²) in [6, 6.07) is 16.6. The van der Waals surface area contributed by atoms with Crippen molar-refractivity contribution < 1.29 is 14.3 Å². The number of unbranched alkanes of at least 4 members (excludes halogenated alkanes) is 1. The van der Waals surface area contributed by atoms with Gasteiger partial charge >= 0.3 is 5.97 Å². The molecule has 0 aliphatic rings. The molecule has 0 bridgehead atoms. The number of halogens is 1. The maximum atomic E-state index is 12.3. The van der Waals surface area contributed by atoms with Gasteiger partial charge in [0.2, 0.25) is 0 Å². The number of hydrogen-bond acceptors (Lipinski definition) is 3. The maximum absolute atomic E-state index is 12.3. The van der Waals surface area contributed by atoms with Crippen molar-refractivity contribution in [1.82, 2.24) is 0 Å². The molecule has 2 atom stereocenters. The third-order valence-electron chi connectivity index (χ3n) is 3.70. The van der Waals surface area contributed by atoms with Crippen LogP contribution in [0.25, 0.3) is 0 Å². The number of ether oxygens (including phenoxy) is 2. The highest BCUT2D eigenvalue weighted by Crippen LogP contribution is 2.25. The second kappa shape index (κ2) is 9.45. The van der Waals surface area contributed by atoms with Gasteiger partial charge < -0.3 is 9.47 Å². The molecule has 0 fully saturated rings. The van der Waals surface area contributed by atoms with Crippen LogP contribution in [0.1, 0.15) is 48.7 Å². The lowest BCUT2D eigenvalue weighted by molar-refractivity contribution is -0.0485. The molecular weight excluding hydrogens is 324 g/mol. The maximum Gasteiger partial charge on any atom is 0.338 e. The highest BCUT2D eigenvalue weighted by molar-refractivity contribution is 6.30. The summed E-state index contributed by atoms with van der Waals surface area (Å²) < 4.78 is 11.6. The minimum atomic E-state index is -0.407. The predicted molar refractivity (Wildman–Crippen MR) is 96.4 cm³/mol. The quantitative estimate of drug-likeness (QED) is 0.471. The van der Waals surface area contributed by atoms with Gasteiger partial charge in [-0.1, -0.05) is 61.3 Å². The lowest BCUT2D eigenvalue weighted by Crippen LogP contribution is -2.25. The molecule has 2 aromatic rings. The SMILES string of the molecule is CCCCOC(c1ccccc1)C(C)OC(=O)c1cccc(Cl)c1. The molecule has 2 unspecified atom stereocenters. The summed E-state index contributed by atoms with van der Waals surface area (Å²) in [5.41, 5.74) is 1.44. The second-order valence-corrected chi connectivity index (χ2v) is 6.11. The van der Waals surface area contributed by atoms with Gasteiger partial charge in [0.25, 0.3) is 0 Å². The fourth-order valence-electron chi connectivity index (χ4n) is 2.41. The Labute approximate surface area is 148 Å². The highest BCUT2D eigenvalue weighted by Gasteiger charge is 2.24. The largest absolute Gasteiger partial charge is 0.456 e. The fourth-order valence-corrected chi connectivity index (χ4v) is 2.60. The van der Waals surface area contributed by atoms with Crippen molar-refractivity contribution in [3.63, 3.8) is 0 Å². The molecule has 24 heavy (non-hydrogen) atoms. The smallest absolute Gasteiger partial charge is 0.338 e. The van der Waals surface area contributed by atoms with Crippen LogP contribution in [0.2, 0.25) is 5.02 Å². The Bertz CT molecular complexity index is 642. The van der Waals surface area contributed by atoms with Crippen LogP contribution in [0.3, 0.4) is 0 Å². The molecule has 0 spiro atoms. The van der Waals surface area contributed by atoms with Crippen LogP contribution in [0.4, 0.5) is 0 Å². The van der Waals surface area contributed by atoms with Crippen LogP contribution in [0, 0.1) is 0 Å². The zero-order valence-electron chi connectivity index (χ0n) is 14.1. The van der Waals surface area contributed by atoms with Gasteiger partial charge in [-0.15, -0.1) is 0 Å². The Morgan fingerprint density at radius 2 is 1.88 bits per heavy atom. The van der Waals surface area contributed by atoms with Gasteiger partial charge in [0.05, 0.1) is 5.56 Å². The zero-order valence-corrected chi connectivity index (χ0v) is 14.8. The van der Waals surface area contributed by atoms with Crippen LogP contribution < -0.4 is 0 Å². The van der Waals surface area contributed by atoms with Crippen molar-refractivity contribution in [3.8, 4) is 0 Å². The van der Waals surface area contributed by atoms with Gasteiger partial charge in [-0.25, -0.2) is 4.79 Å². The number of esters is 1. The average Bonchev–Trinajstić information content (AvgIpc) is 2.59. The number of benzene rings is 2. The third-order valence-corrected chi connectivity index (χ3v) is 3.94. The molecule has 3 nitrogen and oxygen atoms in total. The second-order valence-electron chi connectivity index (χ2n) is 5.68. The van der Waals surface area contributed by atoms with E-state index in [4.69, 9.17) is 21.1 Å². The molecule has 0 aliphatic carbocycles. The highest BCUT2D eigenvalue weighted by atomic mass is 35.5. The molecule has 0 saturated carbocycles. The molecule has 0 N–H and O–H groups in total. The van der Waals surface area contributed by atoms with E-state index in [1.807, 2.05) is 37.3 Å². The van der Waals surface area contributed by atoms with Crippen LogP contribution in [0.5, 0.6) is 0 Å². The lowest BCUT2D eigenvalue weighted by atomic mass is 10.1. The molecule has 0 aliphatic heterocycles. The Balaban J connectivity index is 2.09. The molecule has 2 rings (SSSR count). The number of hydrogen-bond donors (Lipinski definition) is 0. The van der Waals surface area contributed by atoms with E-state index in [9.17, 15) is 4.79 Å². The minimum absolute atomic E-state index is 0.291. The van der Waals surface area contributed by atoms with Crippen LogP contribution in [-0.2, 0) is 9.47 Å². The van der Waals surface area contributed by atoms with Gasteiger partial charge in [-0.3, -0.25) is 0 Å². The standard InChI is InChI=1S/C20H23ClO3/c1-3-4-13-23-19(16-9-6-5-7-10-16)15(2)24-20(22)17-11-8-12-18(21)14-17/h5-12,14-15,19H,3-4,13H2,1-2H3. The van der Waals surface area contributed by atoms with Crippen molar-refractivity contribution in [2.24, 2.45) is 0 Å². The molecule has 0 heterocycles. The summed E-state index contributed by atoms with van der Waals surface area (Å²) in [5.74, 6) is -0.398. The van der Waals surface area contributed by atoms with Gasteiger partial charge in [0, 0.05) is 11.6 Å². The molecule has 0 aromatic heterocycles. The summed E-state index contributed by atoms with van der Waals surface area (Å²) in [4.78, 5) is 12.3. The molecule has 0 radical (unpaired) electrons. The first-order valence-corrected chi connectivity index (χ1v) is 8.62. The third kappa shape index (κ3) is 5.36. The first-order valence-electron chi connectivity index (χ1n) is 8.25. The monoisotopic (exact) mass is 346 g/mol. The molecular formula is C20H23ClO3. The number of carbonyl (C=O) groups excluding carboxylic acids is 1. The predicted octanol–water partition coefficient (Wildman–Crippen LogP) is 5.44. The van der Waals surface area contributed by atoms with Crippen molar-refractivity contribution in [1.29, 1.82) is 0 Å². The fraction of sp³-hybridized carbons (Fsp3) is 0.350. The molecule has 128 valence electrons. The first kappa shape index (κ1) is 18.5. The molecule has 2 aromatic carbocycles. The number of carbonyl (C=O) groups is 1. The van der Waals surface area contributed by atoms with Crippen molar-refractivity contribution >= 4 is 17.6 Å². The van der Waals surface area contributed by atoms with E-state index in [1.54, 1.807) is 24.3 Å². The van der Waals surface area contributed by atoms with E-state index in [0.717, 1.165) is 18.4 Å². The molecule has 0 saturated heterocycles. The topological polar surface area (TPSA) is 35.5 Å². The van der Waals surface area contributed by atoms with Gasteiger partial charge in [-0.2, -0.15) is 0 Å². The van der Waals surface area contributed by atoms with Crippen LogP contribution in [0.15, 0.2) is 54.6 Å². The Hall–Kier alpha value is -1.84. The first-order chi connectivity index (χ1) is 11.6. The summed E-state index contributed by atoms with van der Waals surface area (Å²) in [7, 11) is 0. The van der Waals surface area contributed by atoms with Gasteiger partial charge in [0.1, 0.15) is 12.2 Å². The molecule has 0 amide bonds. The Kier molecular flexibility index (Phi) is 7.29. The normalized spacial score (nSPS) is 13.3. The Morgan fingerprint density at radius 3 is 2.54 bits per heavy atom. The van der Waals surface area contributed by atoms with E-state index in [1.165, 1.54) is 0 Å². The van der Waals surface area contributed by atoms with Gasteiger partial charge in [0.15, 0.2) is 0 Å². The van der Waals surface area contributed by atoms with Crippen molar-refractivity contribution in [2.45, 2.75) is 38.9 Å². The van der Waals surface area contributed by atoms with E-state index >= 15 is 0 Å². The van der Waals surface area contributed by atoms with E-state index in [-0.39, 0.29) is 6.10 Å². The summed E-state index contributed by atoms with van der Waals surface area (Å²) >= 11 is 5.94. The lowest BCUT2D eigenvalue weighted by Gasteiger charge is -2.25. The summed E-state index contributed by atoms with van der Waals surface area (Å²) in [6.45, 7) is 4.60. The van der Waals surface area contributed by atoms with E-state index < -0.39 is 12.1 Å². The molecule has 4 heteroatoms. The minimum Gasteiger partial charge on any atom is -0.456 e. The van der Waals surface area contributed by atoms with Gasteiger partial charge in [-0.05, 0) is 37.1 Å². The van der Waals surface area contributed by atoms with Crippen LogP contribution >= 0.6 is 11.6 Å². The summed E-state index contributed by atoms with van der Waals surface area (Å²) in [5, 5.41) is 0.510. The van der Waals surface area contributed by atoms with Crippen molar-refractivity contribution in [3.05, 3.63) is 70.7 Å². The number of rotatable bonds is 8. The van der Waals surface area contributed by atoms with E-state index in [2.05, 4.69) is 6.92 Å². The van der Waals surface area contributed by atoms with Crippen LogP contribution in [-0.4, -0.2) is 18.7 Å².